The SMILES string of the molecule is OC1CC(COCc2ccccc2)C1COCc1ccccc1. The quantitative estimate of drug-likeness (QED) is 0.812. The van der Waals surface area contributed by atoms with E-state index in [1.54, 1.807) is 0 Å². The normalized spacial score (nSPS) is 23.4. The molecule has 0 bridgehead atoms. The molecule has 2 aromatic rings. The molecule has 3 nitrogen and oxygen atoms in total. The third-order valence-electron chi connectivity index (χ3n) is 4.51. The van der Waals surface area contributed by atoms with Gasteiger partial charge in [0.2, 0.25) is 0 Å². The number of hydrogen-bond acceptors (Lipinski definition) is 3. The number of rotatable bonds is 8. The third kappa shape index (κ3) is 4.64. The minimum Gasteiger partial charge on any atom is -0.393 e. The van der Waals surface area contributed by atoms with Crippen molar-refractivity contribution >= 4 is 0 Å². The molecule has 3 unspecified atom stereocenters. The number of hydrogen-bond donors (Lipinski definition) is 1. The van der Waals surface area contributed by atoms with Crippen LogP contribution in [0, 0.1) is 11.8 Å². The van der Waals surface area contributed by atoms with Crippen LogP contribution >= 0.6 is 0 Å². The predicted octanol–water partition coefficient (Wildman–Crippen LogP) is 3.42. The van der Waals surface area contributed by atoms with Gasteiger partial charge >= 0.3 is 0 Å². The molecule has 1 aliphatic rings. The van der Waals surface area contributed by atoms with Crippen molar-refractivity contribution in [2.24, 2.45) is 11.8 Å². The molecular weight excluding hydrogens is 288 g/mol. The van der Waals surface area contributed by atoms with Gasteiger partial charge in [-0.25, -0.2) is 0 Å². The molecule has 0 radical (unpaired) electrons. The molecule has 3 atom stereocenters. The lowest BCUT2D eigenvalue weighted by Crippen LogP contribution is -2.46. The van der Waals surface area contributed by atoms with Crippen LogP contribution in [-0.4, -0.2) is 24.4 Å². The summed E-state index contributed by atoms with van der Waals surface area (Å²) in [5.74, 6) is 0.582. The minimum absolute atomic E-state index is 0.189. The van der Waals surface area contributed by atoms with E-state index in [0.29, 0.717) is 32.3 Å². The molecule has 1 N–H and O–H groups in total. The molecule has 3 rings (SSSR count). The fourth-order valence-electron chi connectivity index (χ4n) is 3.01. The van der Waals surface area contributed by atoms with Crippen molar-refractivity contribution < 1.29 is 14.6 Å². The zero-order valence-electron chi connectivity index (χ0n) is 13.3. The monoisotopic (exact) mass is 312 g/mol. The summed E-state index contributed by atoms with van der Waals surface area (Å²) in [7, 11) is 0. The molecule has 0 aliphatic heterocycles. The van der Waals surface area contributed by atoms with Gasteiger partial charge in [0, 0.05) is 5.92 Å². The van der Waals surface area contributed by atoms with E-state index < -0.39 is 0 Å². The Kier molecular flexibility index (Phi) is 5.81. The highest BCUT2D eigenvalue weighted by atomic mass is 16.5. The summed E-state index contributed by atoms with van der Waals surface area (Å²) in [6, 6.07) is 20.3. The van der Waals surface area contributed by atoms with E-state index in [-0.39, 0.29) is 12.0 Å². The van der Waals surface area contributed by atoms with E-state index >= 15 is 0 Å². The molecule has 0 saturated heterocycles. The molecule has 1 fully saturated rings. The van der Waals surface area contributed by atoms with E-state index in [2.05, 4.69) is 24.3 Å². The Morgan fingerprint density at radius 2 is 1.30 bits per heavy atom. The summed E-state index contributed by atoms with van der Waals surface area (Å²) in [4.78, 5) is 0. The average molecular weight is 312 g/mol. The first kappa shape index (κ1) is 16.2. The largest absolute Gasteiger partial charge is 0.393 e. The molecule has 0 aromatic heterocycles. The van der Waals surface area contributed by atoms with Crippen LogP contribution in [-0.2, 0) is 22.7 Å². The van der Waals surface area contributed by atoms with Crippen LogP contribution in [0.5, 0.6) is 0 Å². The van der Waals surface area contributed by atoms with Crippen molar-refractivity contribution in [3.63, 3.8) is 0 Å². The lowest BCUT2D eigenvalue weighted by molar-refractivity contribution is -0.106. The van der Waals surface area contributed by atoms with Crippen LogP contribution in [0.25, 0.3) is 0 Å². The van der Waals surface area contributed by atoms with E-state index in [1.807, 2.05) is 36.4 Å². The molecule has 2 aromatic carbocycles. The molecular formula is C20H24O3. The molecule has 3 heteroatoms. The Morgan fingerprint density at radius 3 is 1.83 bits per heavy atom. The van der Waals surface area contributed by atoms with Gasteiger partial charge in [-0.2, -0.15) is 0 Å². The molecule has 23 heavy (non-hydrogen) atoms. The number of aliphatic hydroxyl groups excluding tert-OH is 1. The zero-order valence-corrected chi connectivity index (χ0v) is 13.3. The molecule has 0 spiro atoms. The smallest absolute Gasteiger partial charge is 0.0717 e. The van der Waals surface area contributed by atoms with Crippen molar-refractivity contribution in [3.05, 3.63) is 71.8 Å². The van der Waals surface area contributed by atoms with Crippen molar-refractivity contribution in [3.8, 4) is 0 Å². The van der Waals surface area contributed by atoms with Gasteiger partial charge in [-0.1, -0.05) is 60.7 Å². The standard InChI is InChI=1S/C20H24O3/c21-20-11-18(14-22-12-16-7-3-1-4-8-16)19(20)15-23-13-17-9-5-2-6-10-17/h1-10,18-21H,11-15H2. The van der Waals surface area contributed by atoms with E-state index in [9.17, 15) is 5.11 Å². The van der Waals surface area contributed by atoms with E-state index in [4.69, 9.17) is 9.47 Å². The lowest BCUT2D eigenvalue weighted by atomic mass is 9.72. The van der Waals surface area contributed by atoms with Crippen LogP contribution in [0.2, 0.25) is 0 Å². The fourth-order valence-corrected chi connectivity index (χ4v) is 3.01. The summed E-state index contributed by atoms with van der Waals surface area (Å²) in [6.45, 7) is 2.51. The summed E-state index contributed by atoms with van der Waals surface area (Å²) in [5.41, 5.74) is 2.35. The van der Waals surface area contributed by atoms with Gasteiger partial charge in [0.05, 0.1) is 32.5 Å². The summed E-state index contributed by atoms with van der Waals surface area (Å²) in [5, 5.41) is 9.96. The zero-order chi connectivity index (χ0) is 15.9. The topological polar surface area (TPSA) is 38.7 Å². The van der Waals surface area contributed by atoms with Gasteiger partial charge in [-0.05, 0) is 23.5 Å². The van der Waals surface area contributed by atoms with Crippen LogP contribution in [0.4, 0.5) is 0 Å². The highest BCUT2D eigenvalue weighted by molar-refractivity contribution is 5.14. The maximum absolute atomic E-state index is 9.96. The molecule has 1 aliphatic carbocycles. The van der Waals surface area contributed by atoms with Crippen LogP contribution in [0.15, 0.2) is 60.7 Å². The van der Waals surface area contributed by atoms with Gasteiger partial charge < -0.3 is 14.6 Å². The second kappa shape index (κ2) is 8.25. The Hall–Kier alpha value is -1.68. The third-order valence-corrected chi connectivity index (χ3v) is 4.51. The number of benzene rings is 2. The molecule has 122 valence electrons. The Morgan fingerprint density at radius 1 is 0.783 bits per heavy atom. The number of ether oxygens (including phenoxy) is 2. The average Bonchev–Trinajstić information content (AvgIpc) is 2.60. The first-order valence-electron chi connectivity index (χ1n) is 8.24. The number of aliphatic hydroxyl groups is 1. The summed E-state index contributed by atoms with van der Waals surface area (Å²) in [6.07, 6.45) is 0.560. The van der Waals surface area contributed by atoms with Crippen molar-refractivity contribution in [1.82, 2.24) is 0 Å². The van der Waals surface area contributed by atoms with Crippen molar-refractivity contribution in [2.45, 2.75) is 25.7 Å². The molecule has 1 saturated carbocycles. The van der Waals surface area contributed by atoms with Gasteiger partial charge in [0.25, 0.3) is 0 Å². The van der Waals surface area contributed by atoms with Gasteiger partial charge in [0.15, 0.2) is 0 Å². The summed E-state index contributed by atoms with van der Waals surface area (Å²) >= 11 is 0. The molecule has 0 heterocycles. The summed E-state index contributed by atoms with van der Waals surface area (Å²) < 4.78 is 11.6. The second-order valence-corrected chi connectivity index (χ2v) is 6.23. The highest BCUT2D eigenvalue weighted by Gasteiger charge is 2.39. The van der Waals surface area contributed by atoms with Crippen LogP contribution < -0.4 is 0 Å². The lowest BCUT2D eigenvalue weighted by Gasteiger charge is -2.41. The second-order valence-electron chi connectivity index (χ2n) is 6.23. The highest BCUT2D eigenvalue weighted by Crippen LogP contribution is 2.35. The molecule has 0 amide bonds. The first-order valence-corrected chi connectivity index (χ1v) is 8.24. The fraction of sp³-hybridized carbons (Fsp3) is 0.400. The van der Waals surface area contributed by atoms with E-state index in [0.717, 1.165) is 12.0 Å². The van der Waals surface area contributed by atoms with Crippen LogP contribution in [0.1, 0.15) is 17.5 Å². The van der Waals surface area contributed by atoms with Crippen LogP contribution in [0.3, 0.4) is 0 Å². The Balaban J connectivity index is 1.37. The van der Waals surface area contributed by atoms with Crippen molar-refractivity contribution in [1.29, 1.82) is 0 Å². The maximum atomic E-state index is 9.96. The van der Waals surface area contributed by atoms with Gasteiger partial charge in [-0.15, -0.1) is 0 Å². The Bertz CT molecular complexity index is 570. The first-order chi connectivity index (χ1) is 11.3. The van der Waals surface area contributed by atoms with Gasteiger partial charge in [0.1, 0.15) is 0 Å². The maximum Gasteiger partial charge on any atom is 0.0717 e. The van der Waals surface area contributed by atoms with Crippen molar-refractivity contribution in [2.75, 3.05) is 13.2 Å². The predicted molar refractivity (Wildman–Crippen MR) is 89.8 cm³/mol. The van der Waals surface area contributed by atoms with Gasteiger partial charge in [-0.3, -0.25) is 0 Å². The Labute approximate surface area is 137 Å². The minimum atomic E-state index is -0.254. The van der Waals surface area contributed by atoms with E-state index in [1.165, 1.54) is 5.56 Å².